The first-order valence-electron chi connectivity index (χ1n) is 12.6. The molecule has 2 atom stereocenters. The number of carboxylic acid groups (broad SMARTS) is 1. The summed E-state index contributed by atoms with van der Waals surface area (Å²) in [5.74, 6) is -0.196. The van der Waals surface area contributed by atoms with Gasteiger partial charge in [-0.2, -0.15) is 13.2 Å². The number of carboxylic acids is 1. The van der Waals surface area contributed by atoms with Crippen LogP contribution in [0.4, 0.5) is 13.2 Å². The molecule has 1 saturated heterocycles. The molecule has 0 spiro atoms. The average molecular weight is 516 g/mol. The average Bonchev–Trinajstić information content (AvgIpc) is 3.52. The number of nitrogens with one attached hydrogen (secondary N) is 2. The number of aromatic amines is 1. The number of hydrogen-bond donors (Lipinski definition) is 3. The van der Waals surface area contributed by atoms with E-state index in [1.807, 2.05) is 37.4 Å². The second kappa shape index (κ2) is 9.68. The quantitative estimate of drug-likeness (QED) is 0.352. The Bertz CT molecular complexity index is 1280. The largest absolute Gasteiger partial charge is 0.496 e. The summed E-state index contributed by atoms with van der Waals surface area (Å²) >= 11 is 0. The topological polar surface area (TPSA) is 77.6 Å². The van der Waals surface area contributed by atoms with Crippen molar-refractivity contribution in [3.8, 4) is 5.75 Å². The Morgan fingerprint density at radius 1 is 1.24 bits per heavy atom. The molecule has 1 saturated carbocycles. The van der Waals surface area contributed by atoms with Crippen LogP contribution >= 0.6 is 0 Å². The number of H-pyrrole nitrogens is 1. The predicted octanol–water partition coefficient (Wildman–Crippen LogP) is 5.82. The first kappa shape index (κ1) is 25.6. The minimum atomic E-state index is -4.18. The highest BCUT2D eigenvalue weighted by Crippen LogP contribution is 2.57. The van der Waals surface area contributed by atoms with Crippen molar-refractivity contribution in [2.45, 2.75) is 57.4 Å². The summed E-state index contributed by atoms with van der Waals surface area (Å²) in [6.07, 6.45) is -0.554. The van der Waals surface area contributed by atoms with Gasteiger partial charge in [0.05, 0.1) is 18.1 Å². The fourth-order valence-electron chi connectivity index (χ4n) is 5.62. The molecule has 37 heavy (non-hydrogen) atoms. The van der Waals surface area contributed by atoms with Crippen LogP contribution in [0.15, 0.2) is 42.6 Å². The Balaban J connectivity index is 1.42. The van der Waals surface area contributed by atoms with Crippen molar-refractivity contribution in [3.05, 3.63) is 64.8 Å². The molecule has 3 aromatic rings. The Morgan fingerprint density at radius 3 is 2.59 bits per heavy atom. The summed E-state index contributed by atoms with van der Waals surface area (Å²) in [6, 6.07) is 10.7. The van der Waals surface area contributed by atoms with E-state index in [0.717, 1.165) is 39.8 Å². The van der Waals surface area contributed by atoms with E-state index in [-0.39, 0.29) is 37.0 Å². The van der Waals surface area contributed by atoms with Crippen LogP contribution in [0.5, 0.6) is 5.75 Å². The highest BCUT2D eigenvalue weighted by atomic mass is 19.4. The van der Waals surface area contributed by atoms with Crippen molar-refractivity contribution in [1.29, 1.82) is 0 Å². The van der Waals surface area contributed by atoms with Gasteiger partial charge < -0.3 is 20.1 Å². The molecule has 2 unspecified atom stereocenters. The minimum absolute atomic E-state index is 0.0540. The third-order valence-corrected chi connectivity index (χ3v) is 8.13. The molecule has 2 heterocycles. The molecule has 1 aliphatic carbocycles. The summed E-state index contributed by atoms with van der Waals surface area (Å²) in [5.41, 5.74) is 2.76. The second-order valence-electron chi connectivity index (χ2n) is 10.4. The minimum Gasteiger partial charge on any atom is -0.496 e. The summed E-state index contributed by atoms with van der Waals surface area (Å²) < 4.78 is 46.2. The number of hydrogen-bond acceptors (Lipinski definition) is 4. The van der Waals surface area contributed by atoms with Gasteiger partial charge in [0.25, 0.3) is 0 Å². The van der Waals surface area contributed by atoms with Gasteiger partial charge in [0.2, 0.25) is 0 Å². The van der Waals surface area contributed by atoms with Crippen LogP contribution in [0.1, 0.15) is 58.8 Å². The van der Waals surface area contributed by atoms with Crippen molar-refractivity contribution < 1.29 is 27.8 Å². The van der Waals surface area contributed by atoms with Gasteiger partial charge in [-0.25, -0.2) is 4.79 Å². The molecule has 198 valence electrons. The van der Waals surface area contributed by atoms with Gasteiger partial charge in [-0.05, 0) is 68.0 Å². The standard InChI is InChI=1S/C28H32F3N3O3/c1-17-13-24(37-2)22(21-7-11-32-25(17)21)15-34-12-8-20(33-16-27(9-10-27)28(29,30)31)14-23(34)18-3-5-19(6-4-18)26(35)36/h3-7,11,13,20,23,32-33H,8-10,12,14-16H2,1-2H3,(H,35,36). The van der Waals surface area contributed by atoms with Crippen LogP contribution in [-0.4, -0.2) is 53.4 Å². The maximum Gasteiger partial charge on any atom is 0.395 e. The van der Waals surface area contributed by atoms with E-state index in [0.29, 0.717) is 19.5 Å². The predicted molar refractivity (Wildman–Crippen MR) is 135 cm³/mol. The summed E-state index contributed by atoms with van der Waals surface area (Å²) in [7, 11) is 1.66. The molecule has 2 fully saturated rings. The number of benzene rings is 2. The zero-order valence-electron chi connectivity index (χ0n) is 21.0. The molecule has 1 aromatic heterocycles. The maximum atomic E-state index is 13.5. The van der Waals surface area contributed by atoms with E-state index < -0.39 is 17.6 Å². The van der Waals surface area contributed by atoms with Crippen LogP contribution in [0.25, 0.3) is 10.9 Å². The first-order chi connectivity index (χ1) is 17.6. The number of methoxy groups -OCH3 is 1. The smallest absolute Gasteiger partial charge is 0.395 e. The Morgan fingerprint density at radius 2 is 1.97 bits per heavy atom. The van der Waals surface area contributed by atoms with Crippen LogP contribution in [0, 0.1) is 12.3 Å². The normalized spacial score (nSPS) is 21.8. The molecular formula is C28H32F3N3O3. The number of likely N-dealkylation sites (tertiary alicyclic amines) is 1. The molecule has 2 aliphatic rings. The van der Waals surface area contributed by atoms with Crippen molar-refractivity contribution in [3.63, 3.8) is 0 Å². The third-order valence-electron chi connectivity index (χ3n) is 8.13. The first-order valence-corrected chi connectivity index (χ1v) is 12.6. The fraction of sp³-hybridized carbons (Fsp3) is 0.464. The number of fused-ring (bicyclic) bond motifs is 1. The van der Waals surface area contributed by atoms with Crippen LogP contribution in [-0.2, 0) is 6.54 Å². The molecule has 2 aromatic carbocycles. The lowest BCUT2D eigenvalue weighted by atomic mass is 9.90. The van der Waals surface area contributed by atoms with Crippen molar-refractivity contribution in [1.82, 2.24) is 15.2 Å². The zero-order valence-corrected chi connectivity index (χ0v) is 21.0. The van der Waals surface area contributed by atoms with Crippen molar-refractivity contribution in [2.75, 3.05) is 20.2 Å². The highest BCUT2D eigenvalue weighted by molar-refractivity contribution is 5.88. The van der Waals surface area contributed by atoms with Crippen LogP contribution in [0.2, 0.25) is 0 Å². The Kier molecular flexibility index (Phi) is 6.70. The van der Waals surface area contributed by atoms with Gasteiger partial charge >= 0.3 is 12.1 Å². The molecule has 1 aliphatic heterocycles. The van der Waals surface area contributed by atoms with Gasteiger partial charge in [-0.1, -0.05) is 12.1 Å². The number of rotatable bonds is 8. The van der Waals surface area contributed by atoms with Gasteiger partial charge in [-0.3, -0.25) is 4.90 Å². The van der Waals surface area contributed by atoms with E-state index in [1.165, 1.54) is 0 Å². The lowest BCUT2D eigenvalue weighted by Crippen LogP contribution is -2.47. The third kappa shape index (κ3) is 4.94. The second-order valence-corrected chi connectivity index (χ2v) is 10.4. The number of ether oxygens (including phenoxy) is 1. The zero-order chi connectivity index (χ0) is 26.4. The number of piperidine rings is 1. The summed E-state index contributed by atoms with van der Waals surface area (Å²) in [6.45, 7) is 3.26. The SMILES string of the molecule is COc1cc(C)c2[nH]ccc2c1CN1CCC(NCC2(C(F)(F)F)CC2)CC1c1ccc(C(=O)O)cc1. The number of halogens is 3. The van der Waals surface area contributed by atoms with Crippen LogP contribution < -0.4 is 10.1 Å². The number of nitrogens with zero attached hydrogens (tertiary/aromatic N) is 1. The highest BCUT2D eigenvalue weighted by Gasteiger charge is 2.62. The molecular weight excluding hydrogens is 483 g/mol. The van der Waals surface area contributed by atoms with Crippen LogP contribution in [0.3, 0.4) is 0 Å². The maximum absolute atomic E-state index is 13.5. The lowest BCUT2D eigenvalue weighted by molar-refractivity contribution is -0.186. The molecule has 0 amide bonds. The molecule has 0 bridgehead atoms. The molecule has 3 N–H and O–H groups in total. The summed E-state index contributed by atoms with van der Waals surface area (Å²) in [4.78, 5) is 17.0. The van der Waals surface area contributed by atoms with E-state index in [1.54, 1.807) is 19.2 Å². The molecule has 5 rings (SSSR count). The van der Waals surface area contributed by atoms with Crippen molar-refractivity contribution >= 4 is 16.9 Å². The Hall–Kier alpha value is -3.04. The van der Waals surface area contributed by atoms with Gasteiger partial charge in [0, 0.05) is 54.4 Å². The molecule has 9 heteroatoms. The number of alkyl halides is 3. The van der Waals surface area contributed by atoms with Gasteiger partial charge in [0.15, 0.2) is 0 Å². The van der Waals surface area contributed by atoms with Gasteiger partial charge in [0.1, 0.15) is 5.75 Å². The molecule has 6 nitrogen and oxygen atoms in total. The van der Waals surface area contributed by atoms with E-state index in [2.05, 4.69) is 15.2 Å². The number of aryl methyl sites for hydroxylation is 1. The van der Waals surface area contributed by atoms with Gasteiger partial charge in [-0.15, -0.1) is 0 Å². The van der Waals surface area contributed by atoms with Crippen molar-refractivity contribution in [2.24, 2.45) is 5.41 Å². The number of aromatic carboxylic acids is 1. The summed E-state index contributed by atoms with van der Waals surface area (Å²) in [5, 5.41) is 13.6. The van der Waals surface area contributed by atoms with E-state index in [9.17, 15) is 23.1 Å². The van der Waals surface area contributed by atoms with E-state index >= 15 is 0 Å². The monoisotopic (exact) mass is 515 g/mol. The number of carbonyl (C=O) groups is 1. The lowest BCUT2D eigenvalue weighted by Gasteiger charge is -2.41. The fourth-order valence-corrected chi connectivity index (χ4v) is 5.62. The number of aromatic nitrogens is 1. The Labute approximate surface area is 213 Å². The van der Waals surface area contributed by atoms with E-state index in [4.69, 9.17) is 4.74 Å². The molecule has 0 radical (unpaired) electrons.